The van der Waals surface area contributed by atoms with Crippen molar-refractivity contribution >= 4 is 28.9 Å². The summed E-state index contributed by atoms with van der Waals surface area (Å²) in [7, 11) is 0. The van der Waals surface area contributed by atoms with Gasteiger partial charge in [0.25, 0.3) is 0 Å². The van der Waals surface area contributed by atoms with Crippen molar-refractivity contribution in [2.45, 2.75) is 26.3 Å². The molecular formula is C18H21N3O2. The van der Waals surface area contributed by atoms with Crippen LogP contribution in [0.3, 0.4) is 0 Å². The van der Waals surface area contributed by atoms with Crippen LogP contribution in [0.4, 0.5) is 17.1 Å². The second kappa shape index (κ2) is 7.45. The quantitative estimate of drug-likeness (QED) is 0.673. The number of nitrogens with two attached hydrogens (primary N) is 1. The Kier molecular flexibility index (Phi) is 5.36. The van der Waals surface area contributed by atoms with Crippen LogP contribution < -0.4 is 16.0 Å². The van der Waals surface area contributed by atoms with Gasteiger partial charge in [0.1, 0.15) is 0 Å². The van der Waals surface area contributed by atoms with Gasteiger partial charge in [0, 0.05) is 23.1 Å². The van der Waals surface area contributed by atoms with Gasteiger partial charge in [-0.15, -0.1) is 0 Å². The van der Waals surface area contributed by atoms with Crippen LogP contribution >= 0.6 is 0 Å². The predicted molar refractivity (Wildman–Crippen MR) is 92.3 cm³/mol. The molecule has 0 aliphatic heterocycles. The summed E-state index contributed by atoms with van der Waals surface area (Å²) in [4.78, 5) is 26.3. The predicted octanol–water partition coefficient (Wildman–Crippen LogP) is 2.85. The molecule has 2 aromatic rings. The van der Waals surface area contributed by atoms with Crippen molar-refractivity contribution < 1.29 is 9.59 Å². The molecule has 0 saturated heterocycles. The number of hydrogen-bond donors (Lipinski definition) is 2. The van der Waals surface area contributed by atoms with Gasteiger partial charge < -0.3 is 11.1 Å². The fraction of sp³-hybridized carbons (Fsp3) is 0.222. The van der Waals surface area contributed by atoms with Crippen LogP contribution in [0.2, 0.25) is 0 Å². The van der Waals surface area contributed by atoms with Crippen molar-refractivity contribution in [3.05, 3.63) is 54.6 Å². The number of nitrogen functional groups attached to an aromatic ring is 1. The molecule has 2 amide bonds. The van der Waals surface area contributed by atoms with E-state index in [9.17, 15) is 9.59 Å². The van der Waals surface area contributed by atoms with E-state index in [0.717, 1.165) is 6.42 Å². The van der Waals surface area contributed by atoms with Crippen molar-refractivity contribution in [3.8, 4) is 0 Å². The number of para-hydroxylation sites is 1. The van der Waals surface area contributed by atoms with E-state index in [1.165, 1.54) is 4.90 Å². The molecule has 0 aliphatic carbocycles. The van der Waals surface area contributed by atoms with Crippen LogP contribution in [0.15, 0.2) is 54.6 Å². The summed E-state index contributed by atoms with van der Waals surface area (Å²) in [6.07, 6.45) is 0.756. The Labute approximate surface area is 136 Å². The first-order chi connectivity index (χ1) is 11.0. The molecule has 3 N–H and O–H groups in total. The third kappa shape index (κ3) is 4.10. The van der Waals surface area contributed by atoms with Gasteiger partial charge in [-0.25, -0.2) is 0 Å². The molecule has 2 rings (SSSR count). The van der Waals surface area contributed by atoms with Crippen LogP contribution in [0, 0.1) is 0 Å². The maximum atomic E-state index is 12.7. The monoisotopic (exact) mass is 311 g/mol. The number of carbonyl (C=O) groups excluding carboxylic acids is 2. The van der Waals surface area contributed by atoms with Gasteiger partial charge in [0.15, 0.2) is 0 Å². The zero-order valence-electron chi connectivity index (χ0n) is 13.3. The minimum Gasteiger partial charge on any atom is -0.399 e. The fourth-order valence-electron chi connectivity index (χ4n) is 2.07. The number of nitrogens with zero attached hydrogens (tertiary/aromatic N) is 1. The molecule has 0 heterocycles. The highest BCUT2D eigenvalue weighted by molar-refractivity contribution is 6.42. The second-order valence-electron chi connectivity index (χ2n) is 5.35. The normalized spacial score (nSPS) is 11.6. The van der Waals surface area contributed by atoms with Crippen LogP contribution in [-0.4, -0.2) is 17.9 Å². The van der Waals surface area contributed by atoms with Crippen LogP contribution in [0.5, 0.6) is 0 Å². The number of nitrogens with one attached hydrogen (secondary N) is 1. The van der Waals surface area contributed by atoms with E-state index in [4.69, 9.17) is 5.73 Å². The van der Waals surface area contributed by atoms with Gasteiger partial charge in [-0.1, -0.05) is 25.1 Å². The van der Waals surface area contributed by atoms with E-state index in [1.54, 1.807) is 36.4 Å². The highest BCUT2D eigenvalue weighted by Gasteiger charge is 2.25. The summed E-state index contributed by atoms with van der Waals surface area (Å²) in [5.41, 5.74) is 7.52. The van der Waals surface area contributed by atoms with Gasteiger partial charge in [0.05, 0.1) is 0 Å². The van der Waals surface area contributed by atoms with Crippen molar-refractivity contribution in [2.75, 3.05) is 10.6 Å². The minimum atomic E-state index is -0.625. The third-order valence-corrected chi connectivity index (χ3v) is 3.55. The Morgan fingerprint density at radius 1 is 1.04 bits per heavy atom. The third-order valence-electron chi connectivity index (χ3n) is 3.55. The van der Waals surface area contributed by atoms with E-state index < -0.39 is 11.8 Å². The van der Waals surface area contributed by atoms with Crippen LogP contribution in [-0.2, 0) is 9.59 Å². The van der Waals surface area contributed by atoms with E-state index >= 15 is 0 Å². The lowest BCUT2D eigenvalue weighted by Crippen LogP contribution is -2.44. The zero-order chi connectivity index (χ0) is 16.8. The van der Waals surface area contributed by atoms with Crippen LogP contribution in [0.1, 0.15) is 20.3 Å². The van der Waals surface area contributed by atoms with Crippen molar-refractivity contribution in [2.24, 2.45) is 0 Å². The first kappa shape index (κ1) is 16.5. The largest absolute Gasteiger partial charge is 0.399 e. The average Bonchev–Trinajstić information content (AvgIpc) is 2.57. The molecule has 1 atom stereocenters. The Hall–Kier alpha value is -2.82. The van der Waals surface area contributed by atoms with Crippen molar-refractivity contribution in [3.63, 3.8) is 0 Å². The number of carbonyl (C=O) groups is 2. The molecule has 0 saturated carbocycles. The lowest BCUT2D eigenvalue weighted by molar-refractivity contribution is -0.137. The Morgan fingerprint density at radius 3 is 2.17 bits per heavy atom. The molecule has 0 fully saturated rings. The highest BCUT2D eigenvalue weighted by Crippen LogP contribution is 2.26. The first-order valence-electron chi connectivity index (χ1n) is 7.58. The maximum absolute atomic E-state index is 12.7. The molecule has 0 radical (unpaired) electrons. The number of anilines is 3. The van der Waals surface area contributed by atoms with Crippen molar-refractivity contribution in [1.29, 1.82) is 0 Å². The van der Waals surface area contributed by atoms with E-state index in [2.05, 4.69) is 5.32 Å². The molecule has 2 aromatic carbocycles. The molecule has 5 nitrogen and oxygen atoms in total. The first-order valence-corrected chi connectivity index (χ1v) is 7.58. The molecule has 0 bridgehead atoms. The van der Waals surface area contributed by atoms with Crippen LogP contribution in [0.25, 0.3) is 0 Å². The summed E-state index contributed by atoms with van der Waals surface area (Å²) < 4.78 is 0. The summed E-state index contributed by atoms with van der Waals surface area (Å²) in [5.74, 6) is -1.25. The Morgan fingerprint density at radius 2 is 1.61 bits per heavy atom. The highest BCUT2D eigenvalue weighted by atomic mass is 16.2. The molecule has 0 aliphatic rings. The molecule has 1 unspecified atom stereocenters. The van der Waals surface area contributed by atoms with Gasteiger partial charge in [-0.05, 0) is 49.7 Å². The molecule has 0 spiro atoms. The fourth-order valence-corrected chi connectivity index (χ4v) is 2.07. The van der Waals surface area contributed by atoms with Gasteiger partial charge >= 0.3 is 11.8 Å². The summed E-state index contributed by atoms with van der Waals surface area (Å²) in [6.45, 7) is 3.81. The van der Waals surface area contributed by atoms with Gasteiger partial charge in [-0.2, -0.15) is 0 Å². The SMILES string of the molecule is CCC(C)NC(=O)C(=O)N(c1ccccc1)c1ccc(N)cc1. The molecular weight excluding hydrogens is 290 g/mol. The molecule has 23 heavy (non-hydrogen) atoms. The lowest BCUT2D eigenvalue weighted by Gasteiger charge is -2.23. The lowest BCUT2D eigenvalue weighted by atomic mass is 10.2. The van der Waals surface area contributed by atoms with E-state index in [1.807, 2.05) is 32.0 Å². The standard InChI is InChI=1S/C18H21N3O2/c1-3-13(2)20-17(22)18(23)21(15-7-5-4-6-8-15)16-11-9-14(19)10-12-16/h4-13H,3,19H2,1-2H3,(H,20,22). The van der Waals surface area contributed by atoms with Gasteiger partial charge in [-0.3, -0.25) is 14.5 Å². The number of rotatable bonds is 4. The number of amides is 2. The smallest absolute Gasteiger partial charge is 0.320 e. The van der Waals surface area contributed by atoms with Gasteiger partial charge in [0.2, 0.25) is 0 Å². The van der Waals surface area contributed by atoms with Crippen molar-refractivity contribution in [1.82, 2.24) is 5.32 Å². The summed E-state index contributed by atoms with van der Waals surface area (Å²) >= 11 is 0. The molecule has 120 valence electrons. The number of benzene rings is 2. The van der Waals surface area contributed by atoms with E-state index in [0.29, 0.717) is 17.1 Å². The topological polar surface area (TPSA) is 75.4 Å². The van der Waals surface area contributed by atoms with E-state index in [-0.39, 0.29) is 6.04 Å². The Bertz CT molecular complexity index is 668. The molecule has 5 heteroatoms. The maximum Gasteiger partial charge on any atom is 0.320 e. The Balaban J connectivity index is 2.36. The second-order valence-corrected chi connectivity index (χ2v) is 5.35. The number of hydrogen-bond acceptors (Lipinski definition) is 3. The summed E-state index contributed by atoms with van der Waals surface area (Å²) in [6, 6.07) is 15.8. The average molecular weight is 311 g/mol. The summed E-state index contributed by atoms with van der Waals surface area (Å²) in [5, 5.41) is 2.71. The minimum absolute atomic E-state index is 0.0597. The molecule has 0 aromatic heterocycles. The zero-order valence-corrected chi connectivity index (χ0v) is 13.3.